The summed E-state index contributed by atoms with van der Waals surface area (Å²) in [6.07, 6.45) is 0. The third kappa shape index (κ3) is 11.6. The summed E-state index contributed by atoms with van der Waals surface area (Å²) in [7, 11) is 0. The van der Waals surface area contributed by atoms with Crippen LogP contribution in [0.2, 0.25) is 0 Å². The van der Waals surface area contributed by atoms with Crippen molar-refractivity contribution in [3.8, 4) is 66.8 Å². The van der Waals surface area contributed by atoms with Gasteiger partial charge in [0.15, 0.2) is 0 Å². The molecule has 0 aliphatic heterocycles. The summed E-state index contributed by atoms with van der Waals surface area (Å²) in [6.45, 7) is 0. The molecule has 4 aromatic heterocycles. The Morgan fingerprint density at radius 3 is 0.820 bits per heavy atom. The predicted octanol–water partition coefficient (Wildman–Crippen LogP) is 34.2. The zero-order valence-electron chi connectivity index (χ0n) is 69.6. The summed E-state index contributed by atoms with van der Waals surface area (Å²) in [5.74, 6) is 0. The minimum absolute atomic E-state index is 0.541. The van der Waals surface area contributed by atoms with Gasteiger partial charge in [0, 0.05) is 118 Å². The van der Waals surface area contributed by atoms with Crippen LogP contribution in [0.1, 0.15) is 44.5 Å². The molecule has 600 valence electrons. The van der Waals surface area contributed by atoms with Gasteiger partial charge in [0.05, 0.1) is 33.6 Å². The van der Waals surface area contributed by atoms with Crippen molar-refractivity contribution in [1.29, 1.82) is 0 Å². The number of para-hydroxylation sites is 8. The second-order valence-electron chi connectivity index (χ2n) is 33.4. The van der Waals surface area contributed by atoms with Crippen LogP contribution in [0.3, 0.4) is 0 Å². The fourth-order valence-corrected chi connectivity index (χ4v) is 23.8. The van der Waals surface area contributed by atoms with Crippen LogP contribution in [0.25, 0.3) is 151 Å². The minimum Gasteiger partial charge on any atom is -0.455 e. The van der Waals surface area contributed by atoms with E-state index in [1.165, 1.54) is 129 Å². The highest BCUT2D eigenvalue weighted by molar-refractivity contribution is 7.26. The van der Waals surface area contributed by atoms with Gasteiger partial charge in [-0.3, -0.25) is 0 Å². The number of anilines is 6. The monoisotopic (exact) mass is 1670 g/mol. The largest absolute Gasteiger partial charge is 0.455 e. The molecule has 0 unspecified atom stereocenters. The zero-order chi connectivity index (χ0) is 84.4. The van der Waals surface area contributed by atoms with Crippen molar-refractivity contribution < 1.29 is 8.83 Å². The van der Waals surface area contributed by atoms with Crippen molar-refractivity contribution in [1.82, 2.24) is 0 Å². The Balaban J connectivity index is 0.000000139. The lowest BCUT2D eigenvalue weighted by atomic mass is 9.67. The summed E-state index contributed by atoms with van der Waals surface area (Å²) in [4.78, 5) is 5.00. The Labute approximate surface area is 749 Å². The van der Waals surface area contributed by atoms with Gasteiger partial charge in [-0.15, -0.1) is 22.7 Å². The average molecular weight is 1670 g/mol. The number of hydrogen-bond acceptors (Lipinski definition) is 6. The molecule has 0 bridgehead atoms. The van der Waals surface area contributed by atoms with E-state index in [1.54, 1.807) is 0 Å². The first-order valence-corrected chi connectivity index (χ1v) is 45.5. The summed E-state index contributed by atoms with van der Waals surface area (Å²) in [6, 6.07) is 173. The Hall–Kier alpha value is -16.0. The summed E-state index contributed by atoms with van der Waals surface area (Å²) < 4.78 is 18.7. The van der Waals surface area contributed by atoms with E-state index in [9.17, 15) is 0 Å². The van der Waals surface area contributed by atoms with Gasteiger partial charge < -0.3 is 18.6 Å². The lowest BCUT2D eigenvalue weighted by molar-refractivity contribution is 0.669. The van der Waals surface area contributed by atoms with Crippen LogP contribution in [-0.4, -0.2) is 0 Å². The molecule has 0 amide bonds. The summed E-state index contributed by atoms with van der Waals surface area (Å²) in [5.41, 5.74) is 32.9. The third-order valence-corrected chi connectivity index (χ3v) is 29.2. The first kappa shape index (κ1) is 74.6. The van der Waals surface area contributed by atoms with E-state index in [0.29, 0.717) is 0 Å². The molecule has 0 atom stereocenters. The van der Waals surface area contributed by atoms with Gasteiger partial charge in [0.25, 0.3) is 0 Å². The molecule has 4 nitrogen and oxygen atoms in total. The maximum atomic E-state index is 6.74. The van der Waals surface area contributed by atoms with Gasteiger partial charge in [0.2, 0.25) is 0 Å². The van der Waals surface area contributed by atoms with Gasteiger partial charge in [0.1, 0.15) is 22.3 Å². The molecule has 26 rings (SSSR count). The molecule has 0 saturated carbocycles. The molecule has 20 aromatic carbocycles. The van der Waals surface area contributed by atoms with Gasteiger partial charge in [-0.1, -0.05) is 400 Å². The Kier molecular flexibility index (Phi) is 17.8. The number of rotatable bonds is 14. The van der Waals surface area contributed by atoms with Crippen LogP contribution in [0, 0.1) is 0 Å². The summed E-state index contributed by atoms with van der Waals surface area (Å²) in [5, 5.41) is 9.59. The van der Waals surface area contributed by atoms with E-state index in [1.807, 2.05) is 34.8 Å². The summed E-state index contributed by atoms with van der Waals surface area (Å²) >= 11 is 3.77. The molecule has 2 aliphatic carbocycles. The van der Waals surface area contributed by atoms with Crippen LogP contribution < -0.4 is 9.80 Å². The average Bonchev–Trinajstić information content (AvgIpc) is 1.54. The van der Waals surface area contributed by atoms with Crippen molar-refractivity contribution in [3.63, 3.8) is 0 Å². The molecular weight excluding hydrogens is 1590 g/mol. The number of fused-ring (bicyclic) bond motifs is 18. The molecule has 128 heavy (non-hydrogen) atoms. The van der Waals surface area contributed by atoms with E-state index in [0.717, 1.165) is 100 Å². The molecule has 2 aliphatic rings. The van der Waals surface area contributed by atoms with E-state index in [4.69, 9.17) is 8.83 Å². The first-order chi connectivity index (χ1) is 63.5. The van der Waals surface area contributed by atoms with Gasteiger partial charge in [-0.2, -0.15) is 0 Å². The lowest BCUT2D eigenvalue weighted by Crippen LogP contribution is -2.28. The maximum absolute atomic E-state index is 6.74. The number of furan rings is 2. The first-order valence-electron chi connectivity index (χ1n) is 43.8. The number of thiophene rings is 2. The molecule has 6 heteroatoms. The number of nitrogens with zero attached hydrogens (tertiary/aromatic N) is 2. The van der Waals surface area contributed by atoms with Gasteiger partial charge >= 0.3 is 0 Å². The predicted molar refractivity (Wildman–Crippen MR) is 539 cm³/mol. The van der Waals surface area contributed by atoms with Crippen LogP contribution in [-0.2, 0) is 10.8 Å². The highest BCUT2D eigenvalue weighted by Gasteiger charge is 2.48. The third-order valence-electron chi connectivity index (χ3n) is 26.8. The normalized spacial score (nSPS) is 12.8. The standard InChI is InChI=1S/C61H39NO2.C61H39NS2/c2*1-3-19-40(20-4-1)61(41-21-5-2-6-22-41)53-32-12-7-23-43(53)44-38-37-42(39-54(44)61)62(55-33-13-8-24-45(55)49-28-17-30-51-47-26-10-15-35-57(47)63-59(49)51)56-34-14-9-25-46(56)50-29-18-31-52-48-27-11-16-36-58(48)64-60(50)52/h2*1-39H. The molecule has 24 aromatic rings. The zero-order valence-corrected chi connectivity index (χ0v) is 71.2. The van der Waals surface area contributed by atoms with Crippen LogP contribution >= 0.6 is 22.7 Å². The maximum Gasteiger partial charge on any atom is 0.143 e. The van der Waals surface area contributed by atoms with Crippen molar-refractivity contribution in [2.75, 3.05) is 9.80 Å². The van der Waals surface area contributed by atoms with Crippen molar-refractivity contribution in [2.45, 2.75) is 10.8 Å². The molecule has 0 spiro atoms. The number of benzene rings is 20. The smallest absolute Gasteiger partial charge is 0.143 e. The van der Waals surface area contributed by atoms with E-state index in [2.05, 4.69) is 471 Å². The van der Waals surface area contributed by atoms with Crippen molar-refractivity contribution in [3.05, 3.63) is 518 Å². The minimum atomic E-state index is -0.575. The van der Waals surface area contributed by atoms with E-state index in [-0.39, 0.29) is 0 Å². The number of hydrogen-bond donors (Lipinski definition) is 0. The van der Waals surface area contributed by atoms with Crippen molar-refractivity contribution in [2.24, 2.45) is 0 Å². The fourth-order valence-electron chi connectivity index (χ4n) is 21.4. The van der Waals surface area contributed by atoms with Gasteiger partial charge in [-0.25, -0.2) is 0 Å². The Morgan fingerprint density at radius 1 is 0.180 bits per heavy atom. The Bertz CT molecular complexity index is 7600. The van der Waals surface area contributed by atoms with Crippen LogP contribution in [0.5, 0.6) is 0 Å². The second kappa shape index (κ2) is 30.5. The molecule has 0 radical (unpaired) electrons. The highest BCUT2D eigenvalue weighted by Crippen LogP contribution is 2.62. The molecular formula is C122H78N2O2S2. The topological polar surface area (TPSA) is 32.8 Å². The highest BCUT2D eigenvalue weighted by atomic mass is 32.1. The molecule has 4 heterocycles. The fraction of sp³-hybridized carbons (Fsp3) is 0.0164. The Morgan fingerprint density at radius 2 is 0.445 bits per heavy atom. The van der Waals surface area contributed by atoms with Crippen molar-refractivity contribution >= 4 is 141 Å². The SMILES string of the molecule is c1ccc(C2(c3ccccc3)c3ccccc3-c3ccc(N(c4ccccc4-c4cccc5c4oc4ccccc45)c4ccccc4-c4cccc5c4oc4ccccc45)cc32)cc1.c1ccc(C2(c3ccccc3)c3ccccc3-c3ccc(N(c4ccccc4-c4cccc5c4sc4ccccc45)c4ccccc4-c4cccc5c4sc4ccccc45)cc32)cc1. The van der Waals surface area contributed by atoms with Crippen LogP contribution in [0.15, 0.2) is 482 Å². The molecule has 0 fully saturated rings. The van der Waals surface area contributed by atoms with Gasteiger partial charge in [-0.05, 0) is 140 Å². The van der Waals surface area contributed by atoms with Crippen LogP contribution in [0.4, 0.5) is 34.1 Å². The quantitative estimate of drug-likeness (QED) is 0.109. The van der Waals surface area contributed by atoms with E-state index >= 15 is 0 Å². The molecule has 0 N–H and O–H groups in total. The van der Waals surface area contributed by atoms with E-state index < -0.39 is 10.8 Å². The lowest BCUT2D eigenvalue weighted by Gasteiger charge is -2.35. The molecule has 0 saturated heterocycles. The second-order valence-corrected chi connectivity index (χ2v) is 35.5.